The number of nitrogens with one attached hydrogen (secondary N) is 1. The monoisotopic (exact) mass is 379 g/mol. The number of thioether (sulfide) groups is 1. The Morgan fingerprint density at radius 3 is 2.88 bits per heavy atom. The molecule has 2 aromatic carbocycles. The second-order valence-corrected chi connectivity index (χ2v) is 6.95. The summed E-state index contributed by atoms with van der Waals surface area (Å²) in [6.45, 7) is 4.31. The molecular formula is C19H19F2NO3S. The van der Waals surface area contributed by atoms with E-state index in [1.807, 2.05) is 19.9 Å². The van der Waals surface area contributed by atoms with Crippen molar-refractivity contribution < 1.29 is 23.0 Å². The van der Waals surface area contributed by atoms with Gasteiger partial charge in [0.2, 0.25) is 5.91 Å². The van der Waals surface area contributed by atoms with Crippen molar-refractivity contribution in [3.8, 4) is 11.5 Å². The van der Waals surface area contributed by atoms with Gasteiger partial charge >= 0.3 is 0 Å². The molecule has 1 heterocycles. The fourth-order valence-corrected chi connectivity index (χ4v) is 3.45. The van der Waals surface area contributed by atoms with Crippen LogP contribution < -0.4 is 14.8 Å². The van der Waals surface area contributed by atoms with E-state index >= 15 is 0 Å². The fraction of sp³-hybridized carbons (Fsp3) is 0.316. The number of anilines is 1. The maximum Gasteiger partial charge on any atom is 0.234 e. The summed E-state index contributed by atoms with van der Waals surface area (Å²) < 4.78 is 37.9. The molecule has 26 heavy (non-hydrogen) atoms. The maximum absolute atomic E-state index is 13.6. The number of carbonyl (C=O) groups is 1. The van der Waals surface area contributed by atoms with Gasteiger partial charge in [0.05, 0.1) is 18.0 Å². The maximum atomic E-state index is 13.6. The van der Waals surface area contributed by atoms with Crippen LogP contribution in [0.3, 0.4) is 0 Å². The van der Waals surface area contributed by atoms with E-state index < -0.39 is 11.6 Å². The van der Waals surface area contributed by atoms with Gasteiger partial charge in [-0.05, 0) is 32.0 Å². The van der Waals surface area contributed by atoms with Crippen LogP contribution in [0, 0.1) is 11.6 Å². The van der Waals surface area contributed by atoms with E-state index in [-0.39, 0.29) is 22.7 Å². The van der Waals surface area contributed by atoms with Gasteiger partial charge in [-0.2, -0.15) is 0 Å². The molecule has 2 aromatic rings. The SMILES string of the molecule is CCOc1cc2c(cc1NC(=O)CSc1ccc(F)cc1F)OC(C)C2. The molecule has 1 aliphatic rings. The van der Waals surface area contributed by atoms with Crippen LogP contribution in [0.15, 0.2) is 35.2 Å². The predicted molar refractivity (Wildman–Crippen MR) is 97.1 cm³/mol. The van der Waals surface area contributed by atoms with Gasteiger partial charge in [0, 0.05) is 29.0 Å². The van der Waals surface area contributed by atoms with Gasteiger partial charge in [0.15, 0.2) is 0 Å². The summed E-state index contributed by atoms with van der Waals surface area (Å²) in [6.07, 6.45) is 0.881. The Hall–Kier alpha value is -2.28. The lowest BCUT2D eigenvalue weighted by atomic mass is 10.1. The number of halogens is 2. The highest BCUT2D eigenvalue weighted by atomic mass is 32.2. The van der Waals surface area contributed by atoms with Crippen LogP contribution in [0.1, 0.15) is 19.4 Å². The normalized spacial score (nSPS) is 15.3. The van der Waals surface area contributed by atoms with Crippen molar-refractivity contribution in [3.05, 3.63) is 47.5 Å². The second-order valence-electron chi connectivity index (χ2n) is 5.93. The minimum atomic E-state index is -0.683. The number of ether oxygens (including phenoxy) is 2. The minimum absolute atomic E-state index is 0.0114. The highest BCUT2D eigenvalue weighted by molar-refractivity contribution is 8.00. The van der Waals surface area contributed by atoms with Crippen molar-refractivity contribution in [2.75, 3.05) is 17.7 Å². The Balaban J connectivity index is 1.69. The molecule has 0 spiro atoms. The lowest BCUT2D eigenvalue weighted by Crippen LogP contribution is -2.15. The Morgan fingerprint density at radius 2 is 2.15 bits per heavy atom. The Labute approximate surface area is 154 Å². The van der Waals surface area contributed by atoms with Crippen molar-refractivity contribution in [3.63, 3.8) is 0 Å². The molecule has 1 atom stereocenters. The van der Waals surface area contributed by atoms with Crippen LogP contribution in [0.5, 0.6) is 11.5 Å². The van der Waals surface area contributed by atoms with Crippen LogP contribution in [-0.2, 0) is 11.2 Å². The number of fused-ring (bicyclic) bond motifs is 1. The molecule has 3 rings (SSSR count). The average molecular weight is 379 g/mol. The average Bonchev–Trinajstić information content (AvgIpc) is 2.93. The van der Waals surface area contributed by atoms with Gasteiger partial charge in [-0.1, -0.05) is 0 Å². The second kappa shape index (κ2) is 7.95. The van der Waals surface area contributed by atoms with Crippen LogP contribution in [0.25, 0.3) is 0 Å². The van der Waals surface area contributed by atoms with E-state index in [1.54, 1.807) is 6.07 Å². The van der Waals surface area contributed by atoms with Gasteiger partial charge in [-0.3, -0.25) is 4.79 Å². The zero-order valence-electron chi connectivity index (χ0n) is 14.5. The molecule has 138 valence electrons. The standard InChI is InChI=1S/C19H19F2NO3S/c1-3-24-17-7-12-6-11(2)25-16(12)9-15(17)22-19(23)10-26-18-5-4-13(20)8-14(18)21/h4-5,7-9,11H,3,6,10H2,1-2H3,(H,22,23). The first-order chi connectivity index (χ1) is 12.5. The molecule has 0 fully saturated rings. The third-order valence-corrected chi connectivity index (χ3v) is 4.87. The predicted octanol–water partition coefficient (Wildman–Crippen LogP) is 4.42. The molecule has 0 aromatic heterocycles. The molecule has 1 amide bonds. The first-order valence-corrected chi connectivity index (χ1v) is 9.29. The smallest absolute Gasteiger partial charge is 0.234 e. The molecule has 1 aliphatic heterocycles. The van der Waals surface area contributed by atoms with E-state index in [2.05, 4.69) is 5.32 Å². The van der Waals surface area contributed by atoms with Crippen LogP contribution in [0.4, 0.5) is 14.5 Å². The number of rotatable bonds is 6. The Kier molecular flexibility index (Phi) is 5.66. The number of hydrogen-bond donors (Lipinski definition) is 1. The van der Waals surface area contributed by atoms with Crippen LogP contribution >= 0.6 is 11.8 Å². The number of carbonyl (C=O) groups excluding carboxylic acids is 1. The molecule has 0 aliphatic carbocycles. The first kappa shape index (κ1) is 18.5. The first-order valence-electron chi connectivity index (χ1n) is 8.30. The third kappa shape index (κ3) is 4.27. The summed E-state index contributed by atoms with van der Waals surface area (Å²) in [4.78, 5) is 12.5. The summed E-state index contributed by atoms with van der Waals surface area (Å²) in [6, 6.07) is 6.91. The molecule has 4 nitrogen and oxygen atoms in total. The van der Waals surface area contributed by atoms with E-state index in [0.717, 1.165) is 41.6 Å². The number of amides is 1. The quantitative estimate of drug-likeness (QED) is 0.755. The van der Waals surface area contributed by atoms with Gasteiger partial charge < -0.3 is 14.8 Å². The van der Waals surface area contributed by atoms with Gasteiger partial charge in [0.1, 0.15) is 29.2 Å². The highest BCUT2D eigenvalue weighted by Crippen LogP contribution is 2.38. The molecule has 0 bridgehead atoms. The Morgan fingerprint density at radius 1 is 1.35 bits per heavy atom. The molecule has 0 saturated carbocycles. The van der Waals surface area contributed by atoms with Gasteiger partial charge in [0.25, 0.3) is 0 Å². The van der Waals surface area contributed by atoms with E-state index in [4.69, 9.17) is 9.47 Å². The summed E-state index contributed by atoms with van der Waals surface area (Å²) in [5.74, 6) is -0.347. The van der Waals surface area contributed by atoms with Gasteiger partial charge in [-0.25, -0.2) is 8.78 Å². The zero-order chi connectivity index (χ0) is 18.7. The molecule has 0 radical (unpaired) electrons. The molecule has 1 unspecified atom stereocenters. The van der Waals surface area contributed by atoms with Crippen molar-refractivity contribution in [1.82, 2.24) is 0 Å². The summed E-state index contributed by atoms with van der Waals surface area (Å²) in [5, 5.41) is 2.78. The lowest BCUT2D eigenvalue weighted by Gasteiger charge is -2.13. The van der Waals surface area contributed by atoms with Crippen molar-refractivity contribution in [2.24, 2.45) is 0 Å². The van der Waals surface area contributed by atoms with E-state index in [1.165, 1.54) is 6.07 Å². The minimum Gasteiger partial charge on any atom is -0.492 e. The summed E-state index contributed by atoms with van der Waals surface area (Å²) in [5.41, 5.74) is 1.56. The van der Waals surface area contributed by atoms with Crippen LogP contribution in [0.2, 0.25) is 0 Å². The Bertz CT molecular complexity index is 829. The topological polar surface area (TPSA) is 47.6 Å². The largest absolute Gasteiger partial charge is 0.492 e. The fourth-order valence-electron chi connectivity index (χ4n) is 2.73. The molecule has 0 saturated heterocycles. The van der Waals surface area contributed by atoms with Gasteiger partial charge in [-0.15, -0.1) is 11.8 Å². The molecule has 1 N–H and O–H groups in total. The van der Waals surface area contributed by atoms with Crippen molar-refractivity contribution in [2.45, 2.75) is 31.3 Å². The highest BCUT2D eigenvalue weighted by Gasteiger charge is 2.22. The summed E-state index contributed by atoms with van der Waals surface area (Å²) >= 11 is 1.00. The number of benzene rings is 2. The lowest BCUT2D eigenvalue weighted by molar-refractivity contribution is -0.113. The van der Waals surface area contributed by atoms with E-state index in [9.17, 15) is 13.6 Å². The zero-order valence-corrected chi connectivity index (χ0v) is 15.3. The summed E-state index contributed by atoms with van der Waals surface area (Å²) in [7, 11) is 0. The third-order valence-electron chi connectivity index (χ3n) is 3.82. The van der Waals surface area contributed by atoms with Crippen molar-refractivity contribution >= 4 is 23.4 Å². The van der Waals surface area contributed by atoms with Crippen LogP contribution in [-0.4, -0.2) is 24.4 Å². The number of hydrogen-bond acceptors (Lipinski definition) is 4. The molecular weight excluding hydrogens is 360 g/mol. The van der Waals surface area contributed by atoms with E-state index in [0.29, 0.717) is 18.0 Å². The molecule has 7 heteroatoms. The van der Waals surface area contributed by atoms with Crippen molar-refractivity contribution in [1.29, 1.82) is 0 Å².